The fourth-order valence-electron chi connectivity index (χ4n) is 2.31. The van der Waals surface area contributed by atoms with Crippen molar-refractivity contribution in [3.63, 3.8) is 0 Å². The van der Waals surface area contributed by atoms with Crippen molar-refractivity contribution in [1.29, 1.82) is 0 Å². The minimum Gasteiger partial charge on any atom is -0.466 e. The normalized spacial score (nSPS) is 12.7. The van der Waals surface area contributed by atoms with Gasteiger partial charge in [0.25, 0.3) is 0 Å². The van der Waals surface area contributed by atoms with Gasteiger partial charge in [-0.05, 0) is 33.8 Å². The molecule has 2 aromatic heterocycles. The Labute approximate surface area is 126 Å². The summed E-state index contributed by atoms with van der Waals surface area (Å²) in [6.45, 7) is 12.1. The lowest BCUT2D eigenvalue weighted by molar-refractivity contribution is 0.499. The van der Waals surface area contributed by atoms with Crippen LogP contribution < -0.4 is 11.1 Å². The fourth-order valence-corrected chi connectivity index (χ4v) is 2.31. The van der Waals surface area contributed by atoms with E-state index < -0.39 is 0 Å². The number of nitrogens with one attached hydrogen (secondary N) is 1. The number of nitrogens with zero attached hydrogens (tertiary/aromatic N) is 2. The lowest BCUT2D eigenvalue weighted by Crippen LogP contribution is -2.13. The van der Waals surface area contributed by atoms with Gasteiger partial charge < -0.3 is 15.5 Å². The molecule has 1 unspecified atom stereocenters. The second-order valence-corrected chi connectivity index (χ2v) is 5.83. The third kappa shape index (κ3) is 3.17. The highest BCUT2D eigenvalue weighted by Gasteiger charge is 2.16. The molecule has 0 aliphatic heterocycles. The lowest BCUT2D eigenvalue weighted by Gasteiger charge is -2.18. The summed E-state index contributed by atoms with van der Waals surface area (Å²) in [5.74, 6) is 4.16. The predicted molar refractivity (Wildman–Crippen MR) is 85.5 cm³/mol. The zero-order valence-electron chi connectivity index (χ0n) is 13.6. The molecule has 0 aliphatic rings. The maximum Gasteiger partial charge on any atom is 0.135 e. The molecule has 1 atom stereocenters. The number of hydrogen-bond acceptors (Lipinski definition) is 5. The molecule has 5 heteroatoms. The van der Waals surface area contributed by atoms with Gasteiger partial charge in [0.15, 0.2) is 0 Å². The molecule has 114 valence electrons. The molecule has 0 radical (unpaired) electrons. The minimum absolute atomic E-state index is 0.0930. The molecule has 0 amide bonds. The van der Waals surface area contributed by atoms with Gasteiger partial charge in [0.1, 0.15) is 29.0 Å². The van der Waals surface area contributed by atoms with Crippen molar-refractivity contribution < 1.29 is 4.42 Å². The van der Waals surface area contributed by atoms with Crippen molar-refractivity contribution in [2.24, 2.45) is 0 Å². The van der Waals surface area contributed by atoms with Crippen molar-refractivity contribution >= 4 is 11.6 Å². The van der Waals surface area contributed by atoms with Crippen LogP contribution in [-0.4, -0.2) is 9.97 Å². The molecular weight excluding hydrogens is 264 g/mol. The van der Waals surface area contributed by atoms with Crippen molar-refractivity contribution in [3.8, 4) is 0 Å². The van der Waals surface area contributed by atoms with Gasteiger partial charge in [-0.15, -0.1) is 0 Å². The topological polar surface area (TPSA) is 77.0 Å². The number of aryl methyl sites for hydroxylation is 2. The van der Waals surface area contributed by atoms with E-state index in [2.05, 4.69) is 42.1 Å². The molecular formula is C16H24N4O. The lowest BCUT2D eigenvalue weighted by atomic mass is 10.1. The first kappa shape index (κ1) is 15.4. The summed E-state index contributed by atoms with van der Waals surface area (Å²) in [7, 11) is 0. The number of hydrogen-bond donors (Lipinski definition) is 2. The van der Waals surface area contributed by atoms with Gasteiger partial charge in [0.2, 0.25) is 0 Å². The smallest absolute Gasteiger partial charge is 0.135 e. The highest BCUT2D eigenvalue weighted by atomic mass is 16.3. The van der Waals surface area contributed by atoms with E-state index in [1.807, 2.05) is 20.8 Å². The average Bonchev–Trinajstić information content (AvgIpc) is 2.73. The molecule has 0 aliphatic carbocycles. The number of rotatable bonds is 4. The van der Waals surface area contributed by atoms with Gasteiger partial charge in [-0.25, -0.2) is 9.97 Å². The van der Waals surface area contributed by atoms with E-state index in [1.165, 1.54) is 0 Å². The molecule has 21 heavy (non-hydrogen) atoms. The molecule has 3 N–H and O–H groups in total. The third-order valence-electron chi connectivity index (χ3n) is 3.62. The first-order valence-corrected chi connectivity index (χ1v) is 7.27. The summed E-state index contributed by atoms with van der Waals surface area (Å²) in [4.78, 5) is 8.94. The zero-order chi connectivity index (χ0) is 15.7. The van der Waals surface area contributed by atoms with Crippen LogP contribution in [0.25, 0.3) is 0 Å². The molecule has 0 aromatic carbocycles. The van der Waals surface area contributed by atoms with Gasteiger partial charge in [0, 0.05) is 17.0 Å². The molecule has 2 rings (SSSR count). The van der Waals surface area contributed by atoms with Crippen molar-refractivity contribution in [1.82, 2.24) is 9.97 Å². The number of nitrogen functional groups attached to an aromatic ring is 1. The Morgan fingerprint density at radius 2 is 1.81 bits per heavy atom. The number of nitrogens with two attached hydrogens (primary N) is 1. The summed E-state index contributed by atoms with van der Waals surface area (Å²) in [6.07, 6.45) is 0. The van der Waals surface area contributed by atoms with Crippen molar-refractivity contribution in [2.45, 2.75) is 53.5 Å². The molecule has 0 saturated carbocycles. The van der Waals surface area contributed by atoms with Gasteiger partial charge in [-0.1, -0.05) is 13.8 Å². The van der Waals surface area contributed by atoms with Gasteiger partial charge in [0.05, 0.1) is 6.04 Å². The molecule has 2 aromatic rings. The summed E-state index contributed by atoms with van der Waals surface area (Å²) in [5.41, 5.74) is 8.01. The van der Waals surface area contributed by atoms with Crippen LogP contribution in [0.4, 0.5) is 11.6 Å². The van der Waals surface area contributed by atoms with Crippen LogP contribution in [0, 0.1) is 20.8 Å². The summed E-state index contributed by atoms with van der Waals surface area (Å²) in [6, 6.07) is 2.14. The monoisotopic (exact) mass is 288 g/mol. The van der Waals surface area contributed by atoms with E-state index in [0.29, 0.717) is 5.82 Å². The zero-order valence-corrected chi connectivity index (χ0v) is 13.6. The van der Waals surface area contributed by atoms with Crippen LogP contribution >= 0.6 is 0 Å². The molecule has 0 bridgehead atoms. The first-order chi connectivity index (χ1) is 9.79. The van der Waals surface area contributed by atoms with E-state index in [0.717, 1.165) is 34.3 Å². The third-order valence-corrected chi connectivity index (χ3v) is 3.62. The Morgan fingerprint density at radius 1 is 1.14 bits per heavy atom. The number of aromatic nitrogens is 2. The Balaban J connectivity index is 2.32. The van der Waals surface area contributed by atoms with Crippen LogP contribution in [0.1, 0.15) is 61.2 Å². The van der Waals surface area contributed by atoms with Crippen LogP contribution in [0.3, 0.4) is 0 Å². The van der Waals surface area contributed by atoms with E-state index in [1.54, 1.807) is 0 Å². The molecule has 0 spiro atoms. The van der Waals surface area contributed by atoms with Gasteiger partial charge in [-0.3, -0.25) is 0 Å². The van der Waals surface area contributed by atoms with Gasteiger partial charge in [-0.2, -0.15) is 0 Å². The second-order valence-electron chi connectivity index (χ2n) is 5.83. The van der Waals surface area contributed by atoms with Crippen molar-refractivity contribution in [2.75, 3.05) is 11.1 Å². The molecule has 2 heterocycles. The molecule has 0 fully saturated rings. The van der Waals surface area contributed by atoms with E-state index >= 15 is 0 Å². The van der Waals surface area contributed by atoms with Gasteiger partial charge >= 0.3 is 0 Å². The SMILES string of the molecule is Cc1cc(C(C)Nc2nc(C(C)C)nc(N)c2C)c(C)o1. The van der Waals surface area contributed by atoms with E-state index in [9.17, 15) is 0 Å². The number of furan rings is 1. The van der Waals surface area contributed by atoms with E-state index in [-0.39, 0.29) is 12.0 Å². The molecule has 0 saturated heterocycles. The Bertz CT molecular complexity index is 646. The Hall–Kier alpha value is -2.04. The van der Waals surface area contributed by atoms with E-state index in [4.69, 9.17) is 10.2 Å². The number of anilines is 2. The standard InChI is InChI=1S/C16H24N4O/c1-8(2)15-19-14(17)10(4)16(20-15)18-11(5)13-7-9(3)21-12(13)6/h7-8,11H,1-6H3,(H3,17,18,19,20). The Kier molecular flexibility index (Phi) is 4.21. The highest BCUT2D eigenvalue weighted by Crippen LogP contribution is 2.27. The minimum atomic E-state index is 0.0930. The van der Waals surface area contributed by atoms with Crippen LogP contribution in [-0.2, 0) is 0 Å². The summed E-state index contributed by atoms with van der Waals surface area (Å²) >= 11 is 0. The molecule has 5 nitrogen and oxygen atoms in total. The van der Waals surface area contributed by atoms with Crippen molar-refractivity contribution in [3.05, 3.63) is 34.5 Å². The average molecular weight is 288 g/mol. The van der Waals surface area contributed by atoms with Crippen LogP contribution in [0.15, 0.2) is 10.5 Å². The first-order valence-electron chi connectivity index (χ1n) is 7.27. The predicted octanol–water partition coefficient (Wildman–Crippen LogP) is 3.87. The summed E-state index contributed by atoms with van der Waals surface area (Å²) < 4.78 is 5.59. The second kappa shape index (κ2) is 5.76. The quantitative estimate of drug-likeness (QED) is 0.893. The Morgan fingerprint density at radius 3 is 2.33 bits per heavy atom. The fraction of sp³-hybridized carbons (Fsp3) is 0.500. The maximum absolute atomic E-state index is 6.00. The van der Waals surface area contributed by atoms with Crippen LogP contribution in [0.5, 0.6) is 0 Å². The highest BCUT2D eigenvalue weighted by molar-refractivity contribution is 5.56. The summed E-state index contributed by atoms with van der Waals surface area (Å²) in [5, 5.41) is 3.43. The maximum atomic E-state index is 6.00. The van der Waals surface area contributed by atoms with Crippen LogP contribution in [0.2, 0.25) is 0 Å². The largest absolute Gasteiger partial charge is 0.466 e.